The van der Waals surface area contributed by atoms with Crippen molar-refractivity contribution in [2.45, 2.75) is 26.3 Å². The van der Waals surface area contributed by atoms with Crippen molar-refractivity contribution in [1.82, 2.24) is 4.90 Å². The Bertz CT molecular complexity index is 426. The molecule has 1 aliphatic rings. The van der Waals surface area contributed by atoms with Crippen LogP contribution in [0.25, 0.3) is 0 Å². The molecule has 0 amide bonds. The van der Waals surface area contributed by atoms with Gasteiger partial charge in [-0.1, -0.05) is 12.1 Å². The second-order valence-corrected chi connectivity index (χ2v) is 5.12. The molecule has 1 heterocycles. The van der Waals surface area contributed by atoms with Crippen LogP contribution in [0, 0.1) is 11.3 Å². The highest BCUT2D eigenvalue weighted by molar-refractivity contribution is 5.49. The summed E-state index contributed by atoms with van der Waals surface area (Å²) in [5, 5.41) is 8.75. The third-order valence-corrected chi connectivity index (χ3v) is 3.60. The number of rotatable bonds is 3. The molecule has 3 nitrogen and oxygen atoms in total. The molecule has 0 spiro atoms. The van der Waals surface area contributed by atoms with Gasteiger partial charge in [-0.15, -0.1) is 0 Å². The van der Waals surface area contributed by atoms with Gasteiger partial charge >= 0.3 is 0 Å². The molecule has 18 heavy (non-hydrogen) atoms. The summed E-state index contributed by atoms with van der Waals surface area (Å²) in [4.78, 5) is 4.93. The largest absolute Gasteiger partial charge is 0.369 e. The number of anilines is 1. The van der Waals surface area contributed by atoms with Crippen molar-refractivity contribution in [3.63, 3.8) is 0 Å². The summed E-state index contributed by atoms with van der Waals surface area (Å²) in [6, 6.07) is 11.2. The maximum atomic E-state index is 8.75. The molecular weight excluding hydrogens is 222 g/mol. The lowest BCUT2D eigenvalue weighted by molar-refractivity contribution is 0.209. The molecule has 1 saturated heterocycles. The normalized spacial score (nSPS) is 16.9. The predicted octanol–water partition coefficient (Wildman–Crippen LogP) is 2.28. The fraction of sp³-hybridized carbons (Fsp3) is 0.533. The van der Waals surface area contributed by atoms with Crippen molar-refractivity contribution < 1.29 is 0 Å². The first kappa shape index (κ1) is 12.9. The maximum Gasteiger partial charge on any atom is 0.0669 e. The maximum absolute atomic E-state index is 8.75. The van der Waals surface area contributed by atoms with Crippen LogP contribution in [0.2, 0.25) is 0 Å². The average molecular weight is 243 g/mol. The smallest absolute Gasteiger partial charge is 0.0669 e. The van der Waals surface area contributed by atoms with Crippen molar-refractivity contribution >= 4 is 5.69 Å². The van der Waals surface area contributed by atoms with Crippen molar-refractivity contribution in [2.75, 3.05) is 31.1 Å². The topological polar surface area (TPSA) is 30.3 Å². The van der Waals surface area contributed by atoms with Crippen LogP contribution in [0.4, 0.5) is 5.69 Å². The number of hydrogen-bond donors (Lipinski definition) is 0. The SMILES string of the molecule is CC(C)N1CCN(c2cccc(CC#N)c2)CC1. The monoisotopic (exact) mass is 243 g/mol. The number of nitriles is 1. The first-order valence-electron chi connectivity index (χ1n) is 6.65. The third-order valence-electron chi connectivity index (χ3n) is 3.60. The third kappa shape index (κ3) is 3.02. The van der Waals surface area contributed by atoms with Gasteiger partial charge in [-0.3, -0.25) is 4.90 Å². The van der Waals surface area contributed by atoms with Gasteiger partial charge in [0.2, 0.25) is 0 Å². The van der Waals surface area contributed by atoms with Crippen LogP contribution in [-0.2, 0) is 6.42 Å². The molecule has 0 saturated carbocycles. The second kappa shape index (κ2) is 5.88. The van der Waals surface area contributed by atoms with Gasteiger partial charge in [0, 0.05) is 37.9 Å². The van der Waals surface area contributed by atoms with Crippen molar-refractivity contribution in [2.24, 2.45) is 0 Å². The zero-order valence-electron chi connectivity index (χ0n) is 11.3. The Labute approximate surface area is 110 Å². The molecule has 1 aromatic rings. The molecule has 0 atom stereocenters. The molecule has 2 rings (SSSR count). The first-order valence-corrected chi connectivity index (χ1v) is 6.65. The zero-order chi connectivity index (χ0) is 13.0. The van der Waals surface area contributed by atoms with E-state index < -0.39 is 0 Å². The van der Waals surface area contributed by atoms with Gasteiger partial charge in [-0.2, -0.15) is 5.26 Å². The van der Waals surface area contributed by atoms with E-state index in [-0.39, 0.29) is 0 Å². The highest BCUT2D eigenvalue weighted by Crippen LogP contribution is 2.19. The second-order valence-electron chi connectivity index (χ2n) is 5.12. The van der Waals surface area contributed by atoms with Gasteiger partial charge in [0.1, 0.15) is 0 Å². The van der Waals surface area contributed by atoms with E-state index in [9.17, 15) is 0 Å². The Balaban J connectivity index is 2.01. The molecule has 96 valence electrons. The minimum absolute atomic E-state index is 0.500. The Morgan fingerprint density at radius 1 is 1.22 bits per heavy atom. The van der Waals surface area contributed by atoms with E-state index in [2.05, 4.69) is 47.9 Å². The molecule has 0 aliphatic carbocycles. The Morgan fingerprint density at radius 2 is 1.94 bits per heavy atom. The highest BCUT2D eigenvalue weighted by atomic mass is 15.3. The predicted molar refractivity (Wildman–Crippen MR) is 74.7 cm³/mol. The van der Waals surface area contributed by atoms with E-state index in [0.29, 0.717) is 12.5 Å². The minimum atomic E-state index is 0.500. The fourth-order valence-electron chi connectivity index (χ4n) is 2.45. The standard InChI is InChI=1S/C15H21N3/c1-13(2)17-8-10-18(11-9-17)15-5-3-4-14(12-15)6-7-16/h3-5,12-13H,6,8-11H2,1-2H3. The van der Waals surface area contributed by atoms with E-state index in [1.54, 1.807) is 0 Å². The molecule has 0 aromatic heterocycles. The van der Waals surface area contributed by atoms with Crippen molar-refractivity contribution in [1.29, 1.82) is 5.26 Å². The molecule has 1 fully saturated rings. The number of hydrogen-bond acceptors (Lipinski definition) is 3. The summed E-state index contributed by atoms with van der Waals surface area (Å²) in [6.07, 6.45) is 0.500. The number of nitrogens with zero attached hydrogens (tertiary/aromatic N) is 3. The van der Waals surface area contributed by atoms with Gasteiger partial charge in [0.05, 0.1) is 12.5 Å². The van der Waals surface area contributed by atoms with Crippen LogP contribution in [-0.4, -0.2) is 37.1 Å². The highest BCUT2D eigenvalue weighted by Gasteiger charge is 2.18. The van der Waals surface area contributed by atoms with Gasteiger partial charge in [0.15, 0.2) is 0 Å². The molecular formula is C15H21N3. The fourth-order valence-corrected chi connectivity index (χ4v) is 2.45. The van der Waals surface area contributed by atoms with Crippen LogP contribution in [0.3, 0.4) is 0 Å². The van der Waals surface area contributed by atoms with Gasteiger partial charge in [-0.25, -0.2) is 0 Å². The average Bonchev–Trinajstić information content (AvgIpc) is 2.39. The number of benzene rings is 1. The molecule has 1 aliphatic heterocycles. The summed E-state index contributed by atoms with van der Waals surface area (Å²) in [5.41, 5.74) is 2.37. The molecule has 3 heteroatoms. The summed E-state index contributed by atoms with van der Waals surface area (Å²) < 4.78 is 0. The van der Waals surface area contributed by atoms with Crippen molar-refractivity contribution in [3.05, 3.63) is 29.8 Å². The lowest BCUT2D eigenvalue weighted by Gasteiger charge is -2.38. The zero-order valence-corrected chi connectivity index (χ0v) is 11.3. The van der Waals surface area contributed by atoms with Crippen LogP contribution < -0.4 is 4.90 Å². The summed E-state index contributed by atoms with van der Waals surface area (Å²) in [5.74, 6) is 0. The summed E-state index contributed by atoms with van der Waals surface area (Å²) in [7, 11) is 0. The summed E-state index contributed by atoms with van der Waals surface area (Å²) in [6.45, 7) is 8.91. The van der Waals surface area contributed by atoms with Crippen LogP contribution in [0.1, 0.15) is 19.4 Å². The van der Waals surface area contributed by atoms with Crippen LogP contribution in [0.5, 0.6) is 0 Å². The van der Waals surface area contributed by atoms with Gasteiger partial charge in [-0.05, 0) is 31.5 Å². The van der Waals surface area contributed by atoms with Gasteiger partial charge < -0.3 is 4.90 Å². The van der Waals surface area contributed by atoms with E-state index in [4.69, 9.17) is 5.26 Å². The van der Waals surface area contributed by atoms with Crippen LogP contribution >= 0.6 is 0 Å². The Kier molecular flexibility index (Phi) is 4.22. The lowest BCUT2D eigenvalue weighted by atomic mass is 10.1. The lowest BCUT2D eigenvalue weighted by Crippen LogP contribution is -2.48. The van der Waals surface area contributed by atoms with E-state index in [0.717, 1.165) is 31.7 Å². The molecule has 0 unspecified atom stereocenters. The van der Waals surface area contributed by atoms with E-state index >= 15 is 0 Å². The van der Waals surface area contributed by atoms with E-state index in [1.807, 2.05) is 6.07 Å². The Morgan fingerprint density at radius 3 is 2.56 bits per heavy atom. The van der Waals surface area contributed by atoms with Crippen molar-refractivity contribution in [3.8, 4) is 6.07 Å². The van der Waals surface area contributed by atoms with Crippen LogP contribution in [0.15, 0.2) is 24.3 Å². The quantitative estimate of drug-likeness (QED) is 0.816. The first-order chi connectivity index (χ1) is 8.70. The Hall–Kier alpha value is -1.53. The molecule has 1 aromatic carbocycles. The molecule has 0 bridgehead atoms. The molecule has 0 N–H and O–H groups in total. The summed E-state index contributed by atoms with van der Waals surface area (Å²) >= 11 is 0. The molecule has 0 radical (unpaired) electrons. The van der Waals surface area contributed by atoms with Gasteiger partial charge in [0.25, 0.3) is 0 Å². The minimum Gasteiger partial charge on any atom is -0.369 e. The van der Waals surface area contributed by atoms with E-state index in [1.165, 1.54) is 5.69 Å². The number of piperazine rings is 1.